The van der Waals surface area contributed by atoms with E-state index in [1.54, 1.807) is 12.1 Å². The number of carbonyl (C=O) groups excluding carboxylic acids is 1. The van der Waals surface area contributed by atoms with Crippen molar-refractivity contribution >= 4 is 23.1 Å². The molecule has 0 bridgehead atoms. The Labute approximate surface area is 153 Å². The first-order valence-electron chi connectivity index (χ1n) is 8.53. The molecule has 2 aromatic rings. The fourth-order valence-electron chi connectivity index (χ4n) is 3.34. The summed E-state index contributed by atoms with van der Waals surface area (Å²) in [6.07, 6.45) is 0.544. The molecule has 0 aromatic heterocycles. The Morgan fingerprint density at radius 2 is 1.92 bits per heavy atom. The molecular formula is C20H22ClFN2O. The second-order valence-corrected chi connectivity index (χ2v) is 6.94. The SMILES string of the molecule is CCC(=O)C1CN(Cc2ccc(F)cc2)N(c2ccc(Cl)cc2C)C1. The van der Waals surface area contributed by atoms with E-state index in [-0.39, 0.29) is 17.5 Å². The Morgan fingerprint density at radius 1 is 1.20 bits per heavy atom. The van der Waals surface area contributed by atoms with E-state index in [1.165, 1.54) is 12.1 Å². The molecule has 1 fully saturated rings. The smallest absolute Gasteiger partial charge is 0.138 e. The Balaban J connectivity index is 1.88. The monoisotopic (exact) mass is 360 g/mol. The van der Waals surface area contributed by atoms with Crippen molar-refractivity contribution in [1.29, 1.82) is 0 Å². The van der Waals surface area contributed by atoms with Crippen LogP contribution in [0.1, 0.15) is 24.5 Å². The van der Waals surface area contributed by atoms with Crippen molar-refractivity contribution in [3.63, 3.8) is 0 Å². The molecule has 0 saturated carbocycles. The number of nitrogens with zero attached hydrogens (tertiary/aromatic N) is 2. The van der Waals surface area contributed by atoms with Gasteiger partial charge in [-0.25, -0.2) is 9.40 Å². The Kier molecular flexibility index (Phi) is 5.40. The number of aryl methyl sites for hydroxylation is 1. The Morgan fingerprint density at radius 3 is 2.56 bits per heavy atom. The number of halogens is 2. The van der Waals surface area contributed by atoms with Gasteiger partial charge in [-0.2, -0.15) is 0 Å². The Bertz CT molecular complexity index is 763. The van der Waals surface area contributed by atoms with E-state index in [0.717, 1.165) is 16.8 Å². The van der Waals surface area contributed by atoms with Gasteiger partial charge >= 0.3 is 0 Å². The van der Waals surface area contributed by atoms with Gasteiger partial charge in [0.25, 0.3) is 0 Å². The molecule has 1 aliphatic rings. The highest BCUT2D eigenvalue weighted by molar-refractivity contribution is 6.30. The molecule has 1 aliphatic heterocycles. The van der Waals surface area contributed by atoms with Crippen molar-refractivity contribution in [2.24, 2.45) is 5.92 Å². The standard InChI is InChI=1S/C20H22ClFN2O/c1-3-20(25)16-12-23(11-15-4-7-18(22)8-5-15)24(13-16)19-9-6-17(21)10-14(19)2/h4-10,16H,3,11-13H2,1-2H3. The molecule has 1 heterocycles. The molecule has 0 amide bonds. The third-order valence-electron chi connectivity index (χ3n) is 4.68. The lowest BCUT2D eigenvalue weighted by Crippen LogP contribution is -2.36. The fourth-order valence-corrected chi connectivity index (χ4v) is 3.56. The summed E-state index contributed by atoms with van der Waals surface area (Å²) in [7, 11) is 0. The van der Waals surface area contributed by atoms with Crippen LogP contribution in [0.5, 0.6) is 0 Å². The normalized spacial score (nSPS) is 17.9. The average molecular weight is 361 g/mol. The van der Waals surface area contributed by atoms with Gasteiger partial charge < -0.3 is 5.01 Å². The van der Waals surface area contributed by atoms with Crippen LogP contribution in [0.25, 0.3) is 0 Å². The summed E-state index contributed by atoms with van der Waals surface area (Å²) >= 11 is 6.08. The van der Waals surface area contributed by atoms with Crippen LogP contribution in [-0.4, -0.2) is 23.9 Å². The van der Waals surface area contributed by atoms with Gasteiger partial charge in [-0.15, -0.1) is 0 Å². The molecule has 1 atom stereocenters. The number of Topliss-reactive ketones (excluding diaryl/α,β-unsaturated/α-hetero) is 1. The number of benzene rings is 2. The summed E-state index contributed by atoms with van der Waals surface area (Å²) in [6, 6.07) is 12.3. The highest BCUT2D eigenvalue weighted by Crippen LogP contribution is 2.31. The van der Waals surface area contributed by atoms with E-state index in [0.29, 0.717) is 31.1 Å². The van der Waals surface area contributed by atoms with Crippen molar-refractivity contribution in [2.75, 3.05) is 18.1 Å². The quantitative estimate of drug-likeness (QED) is 0.777. The van der Waals surface area contributed by atoms with Crippen molar-refractivity contribution in [3.05, 3.63) is 64.4 Å². The van der Waals surface area contributed by atoms with Crippen molar-refractivity contribution in [1.82, 2.24) is 5.01 Å². The van der Waals surface area contributed by atoms with Crippen LogP contribution < -0.4 is 5.01 Å². The second kappa shape index (κ2) is 7.54. The Hall–Kier alpha value is -1.91. The van der Waals surface area contributed by atoms with Gasteiger partial charge in [0.15, 0.2) is 0 Å². The molecule has 1 saturated heterocycles. The lowest BCUT2D eigenvalue weighted by molar-refractivity contribution is -0.121. The van der Waals surface area contributed by atoms with Crippen LogP contribution in [0.2, 0.25) is 5.02 Å². The van der Waals surface area contributed by atoms with Crippen LogP contribution in [0.4, 0.5) is 10.1 Å². The van der Waals surface area contributed by atoms with Gasteiger partial charge in [-0.1, -0.05) is 30.7 Å². The summed E-state index contributed by atoms with van der Waals surface area (Å²) in [4.78, 5) is 12.2. The number of hydrogen-bond acceptors (Lipinski definition) is 3. The largest absolute Gasteiger partial charge is 0.304 e. The van der Waals surface area contributed by atoms with Crippen LogP contribution >= 0.6 is 11.6 Å². The molecule has 3 nitrogen and oxygen atoms in total. The van der Waals surface area contributed by atoms with E-state index < -0.39 is 0 Å². The maximum atomic E-state index is 13.2. The summed E-state index contributed by atoms with van der Waals surface area (Å²) in [5.74, 6) is 0.0216. The first-order chi connectivity index (χ1) is 12.0. The number of carbonyl (C=O) groups is 1. The van der Waals surface area contributed by atoms with E-state index >= 15 is 0 Å². The van der Waals surface area contributed by atoms with Gasteiger partial charge in [0.1, 0.15) is 11.6 Å². The van der Waals surface area contributed by atoms with Crippen molar-refractivity contribution in [3.8, 4) is 0 Å². The first-order valence-corrected chi connectivity index (χ1v) is 8.91. The zero-order valence-corrected chi connectivity index (χ0v) is 15.3. The molecule has 25 heavy (non-hydrogen) atoms. The molecule has 2 aromatic carbocycles. The number of hydrazine groups is 1. The van der Waals surface area contributed by atoms with Crippen molar-refractivity contribution in [2.45, 2.75) is 26.8 Å². The summed E-state index contributed by atoms with van der Waals surface area (Å²) in [5.41, 5.74) is 3.14. The first kappa shape index (κ1) is 17.9. The zero-order chi connectivity index (χ0) is 18.0. The molecule has 3 rings (SSSR count). The summed E-state index contributed by atoms with van der Waals surface area (Å²) in [6.45, 7) is 5.90. The van der Waals surface area contributed by atoms with E-state index in [1.807, 2.05) is 32.0 Å². The molecule has 132 valence electrons. The highest BCUT2D eigenvalue weighted by Gasteiger charge is 2.34. The van der Waals surface area contributed by atoms with Crippen LogP contribution in [0, 0.1) is 18.7 Å². The van der Waals surface area contributed by atoms with Gasteiger partial charge in [0.05, 0.1) is 11.6 Å². The summed E-state index contributed by atoms with van der Waals surface area (Å²) < 4.78 is 13.2. The van der Waals surface area contributed by atoms with Gasteiger partial charge in [0, 0.05) is 31.1 Å². The molecule has 1 unspecified atom stereocenters. The topological polar surface area (TPSA) is 23.6 Å². The van der Waals surface area contributed by atoms with Crippen LogP contribution in [0.15, 0.2) is 42.5 Å². The predicted molar refractivity (Wildman–Crippen MR) is 99.1 cm³/mol. The lowest BCUT2D eigenvalue weighted by Gasteiger charge is -2.31. The average Bonchev–Trinajstić information content (AvgIpc) is 3.00. The number of hydrogen-bond donors (Lipinski definition) is 0. The maximum Gasteiger partial charge on any atom is 0.138 e. The van der Waals surface area contributed by atoms with Crippen molar-refractivity contribution < 1.29 is 9.18 Å². The molecule has 0 radical (unpaired) electrons. The molecule has 0 aliphatic carbocycles. The number of ketones is 1. The van der Waals surface area contributed by atoms with E-state index in [2.05, 4.69) is 10.0 Å². The minimum atomic E-state index is -0.241. The molecule has 0 N–H and O–H groups in total. The van der Waals surface area contributed by atoms with E-state index in [4.69, 9.17) is 11.6 Å². The van der Waals surface area contributed by atoms with Crippen LogP contribution in [-0.2, 0) is 11.3 Å². The fraction of sp³-hybridized carbons (Fsp3) is 0.350. The van der Waals surface area contributed by atoms with E-state index in [9.17, 15) is 9.18 Å². The number of anilines is 1. The predicted octanol–water partition coefficient (Wildman–Crippen LogP) is 4.62. The number of rotatable bonds is 5. The van der Waals surface area contributed by atoms with Gasteiger partial charge in [-0.3, -0.25) is 4.79 Å². The third-order valence-corrected chi connectivity index (χ3v) is 4.92. The summed E-state index contributed by atoms with van der Waals surface area (Å²) in [5, 5.41) is 5.03. The molecule has 5 heteroatoms. The molecular weight excluding hydrogens is 339 g/mol. The highest BCUT2D eigenvalue weighted by atomic mass is 35.5. The van der Waals surface area contributed by atoms with Gasteiger partial charge in [0.2, 0.25) is 0 Å². The third kappa shape index (κ3) is 4.02. The lowest BCUT2D eigenvalue weighted by atomic mass is 10.0. The maximum absolute atomic E-state index is 13.2. The second-order valence-electron chi connectivity index (χ2n) is 6.50. The molecule has 0 spiro atoms. The van der Waals surface area contributed by atoms with Gasteiger partial charge in [-0.05, 0) is 48.4 Å². The van der Waals surface area contributed by atoms with Crippen LogP contribution in [0.3, 0.4) is 0 Å². The minimum absolute atomic E-state index is 0.0134. The minimum Gasteiger partial charge on any atom is -0.304 e. The zero-order valence-electron chi connectivity index (χ0n) is 14.5.